The molecule has 0 heterocycles. The van der Waals surface area contributed by atoms with Gasteiger partial charge in [-0.1, -0.05) is 6.07 Å². The fraction of sp³-hybridized carbons (Fsp3) is 0.200. The molecule has 0 aliphatic rings. The van der Waals surface area contributed by atoms with E-state index >= 15 is 0 Å². The van der Waals surface area contributed by atoms with Crippen molar-refractivity contribution in [1.29, 1.82) is 0 Å². The Balaban J connectivity index is 2.83. The zero-order chi connectivity index (χ0) is 12.1. The van der Waals surface area contributed by atoms with E-state index in [9.17, 15) is 14.0 Å². The van der Waals surface area contributed by atoms with Crippen LogP contribution in [0.3, 0.4) is 0 Å². The molecule has 0 spiro atoms. The van der Waals surface area contributed by atoms with Gasteiger partial charge >= 0.3 is 5.97 Å². The Bertz CT molecular complexity index is 419. The minimum atomic E-state index is -1.04. The Morgan fingerprint density at radius 3 is 2.69 bits per heavy atom. The number of benzene rings is 1. The van der Waals surface area contributed by atoms with Gasteiger partial charge < -0.3 is 15.6 Å². The van der Waals surface area contributed by atoms with Crippen molar-refractivity contribution in [3.8, 4) is 5.75 Å². The molecule has 1 aromatic carbocycles. The maximum atomic E-state index is 13.2. The van der Waals surface area contributed by atoms with Gasteiger partial charge in [0, 0.05) is 0 Å². The molecule has 0 radical (unpaired) electrons. The van der Waals surface area contributed by atoms with E-state index in [0.29, 0.717) is 0 Å². The summed E-state index contributed by atoms with van der Waals surface area (Å²) in [6, 6.07) is 3.77. The van der Waals surface area contributed by atoms with Crippen LogP contribution < -0.4 is 10.5 Å². The maximum Gasteiger partial charge on any atom is 0.306 e. The van der Waals surface area contributed by atoms with Gasteiger partial charge in [0.1, 0.15) is 17.1 Å². The molecular weight excluding hydrogens is 217 g/mol. The fourth-order valence-electron chi connectivity index (χ4n) is 1.11. The van der Waals surface area contributed by atoms with Crippen LogP contribution in [0.2, 0.25) is 0 Å². The number of rotatable bonds is 5. The first-order chi connectivity index (χ1) is 7.52. The standard InChI is InChI=1S/C10H10FNO4/c11-6-2-1-3-7(9(6)10(12)15)16-5-4-8(13)14/h1-3H,4-5H2,(H2,12,15)(H,13,14). The number of carbonyl (C=O) groups is 2. The van der Waals surface area contributed by atoms with Crippen LogP contribution in [0.25, 0.3) is 0 Å². The van der Waals surface area contributed by atoms with E-state index in [-0.39, 0.29) is 24.3 Å². The van der Waals surface area contributed by atoms with Crippen LogP contribution in [-0.4, -0.2) is 23.6 Å². The zero-order valence-electron chi connectivity index (χ0n) is 8.27. The summed E-state index contributed by atoms with van der Waals surface area (Å²) >= 11 is 0. The van der Waals surface area contributed by atoms with E-state index in [0.717, 1.165) is 6.07 Å². The van der Waals surface area contributed by atoms with Gasteiger partial charge in [0.25, 0.3) is 5.91 Å². The molecule has 0 aliphatic heterocycles. The molecule has 0 aromatic heterocycles. The lowest BCUT2D eigenvalue weighted by Gasteiger charge is -2.08. The molecule has 0 aliphatic carbocycles. The summed E-state index contributed by atoms with van der Waals surface area (Å²) in [6.07, 6.45) is -0.241. The molecule has 1 rings (SSSR count). The highest BCUT2D eigenvalue weighted by molar-refractivity contribution is 5.95. The number of aliphatic carboxylic acids is 1. The van der Waals surface area contributed by atoms with Crippen molar-refractivity contribution in [2.75, 3.05) is 6.61 Å². The minimum Gasteiger partial charge on any atom is -0.492 e. The number of hydrogen-bond donors (Lipinski definition) is 2. The summed E-state index contributed by atoms with van der Waals surface area (Å²) in [6.45, 7) is -0.154. The van der Waals surface area contributed by atoms with Crippen molar-refractivity contribution in [2.24, 2.45) is 5.73 Å². The average molecular weight is 227 g/mol. The number of carboxylic acids is 1. The monoisotopic (exact) mass is 227 g/mol. The number of carbonyl (C=O) groups excluding carboxylic acids is 1. The Morgan fingerprint density at radius 2 is 2.12 bits per heavy atom. The molecule has 0 fully saturated rings. The molecule has 0 saturated heterocycles. The highest BCUT2D eigenvalue weighted by Crippen LogP contribution is 2.20. The first-order valence-corrected chi connectivity index (χ1v) is 4.45. The van der Waals surface area contributed by atoms with Crippen molar-refractivity contribution in [2.45, 2.75) is 6.42 Å². The predicted molar refractivity (Wildman–Crippen MR) is 52.7 cm³/mol. The van der Waals surface area contributed by atoms with Gasteiger partial charge in [0.2, 0.25) is 0 Å². The Hall–Kier alpha value is -2.11. The van der Waals surface area contributed by atoms with Crippen LogP contribution in [0, 0.1) is 5.82 Å². The van der Waals surface area contributed by atoms with Gasteiger partial charge in [0.05, 0.1) is 13.0 Å². The van der Waals surface area contributed by atoms with Crippen molar-refractivity contribution in [1.82, 2.24) is 0 Å². The lowest BCUT2D eigenvalue weighted by molar-refractivity contribution is -0.137. The SMILES string of the molecule is NC(=O)c1c(F)cccc1OCCC(=O)O. The molecule has 0 bridgehead atoms. The third-order valence-electron chi connectivity index (χ3n) is 1.80. The maximum absolute atomic E-state index is 13.2. The average Bonchev–Trinajstić information content (AvgIpc) is 2.16. The summed E-state index contributed by atoms with van der Waals surface area (Å²) in [5.74, 6) is -2.84. The van der Waals surface area contributed by atoms with E-state index in [1.165, 1.54) is 12.1 Å². The Kier molecular flexibility index (Phi) is 3.82. The van der Waals surface area contributed by atoms with Crippen LogP contribution in [-0.2, 0) is 4.79 Å². The lowest BCUT2D eigenvalue weighted by Crippen LogP contribution is -2.16. The topological polar surface area (TPSA) is 89.6 Å². The highest BCUT2D eigenvalue weighted by atomic mass is 19.1. The molecule has 86 valence electrons. The summed E-state index contributed by atoms with van der Waals surface area (Å²) in [5, 5.41) is 8.38. The van der Waals surface area contributed by atoms with Gasteiger partial charge in [-0.15, -0.1) is 0 Å². The summed E-state index contributed by atoms with van der Waals surface area (Å²) < 4.78 is 18.2. The molecule has 0 unspecified atom stereocenters. The van der Waals surface area contributed by atoms with Crippen LogP contribution in [0.1, 0.15) is 16.8 Å². The largest absolute Gasteiger partial charge is 0.492 e. The van der Waals surface area contributed by atoms with Gasteiger partial charge in [0.15, 0.2) is 0 Å². The molecular formula is C10H10FNO4. The van der Waals surface area contributed by atoms with E-state index in [1.807, 2.05) is 0 Å². The lowest BCUT2D eigenvalue weighted by atomic mass is 10.2. The summed E-state index contributed by atoms with van der Waals surface area (Å²) in [4.78, 5) is 21.2. The van der Waals surface area contributed by atoms with E-state index in [1.54, 1.807) is 0 Å². The quantitative estimate of drug-likeness (QED) is 0.777. The zero-order valence-corrected chi connectivity index (χ0v) is 8.27. The Morgan fingerprint density at radius 1 is 1.44 bits per heavy atom. The molecule has 6 heteroatoms. The third-order valence-corrected chi connectivity index (χ3v) is 1.80. The van der Waals surface area contributed by atoms with E-state index < -0.39 is 17.7 Å². The second-order valence-electron chi connectivity index (χ2n) is 2.97. The molecule has 0 saturated carbocycles. The smallest absolute Gasteiger partial charge is 0.306 e. The van der Waals surface area contributed by atoms with Gasteiger partial charge in [-0.05, 0) is 12.1 Å². The second-order valence-corrected chi connectivity index (χ2v) is 2.97. The molecule has 16 heavy (non-hydrogen) atoms. The number of nitrogens with two attached hydrogens (primary N) is 1. The molecule has 1 aromatic rings. The number of ether oxygens (including phenoxy) is 1. The number of primary amides is 1. The molecule has 5 nitrogen and oxygen atoms in total. The van der Waals surface area contributed by atoms with Crippen molar-refractivity contribution < 1.29 is 23.8 Å². The Labute approximate surface area is 90.6 Å². The second kappa shape index (κ2) is 5.11. The fourth-order valence-corrected chi connectivity index (χ4v) is 1.11. The number of carboxylic acid groups (broad SMARTS) is 1. The van der Waals surface area contributed by atoms with Gasteiger partial charge in [-0.25, -0.2) is 4.39 Å². The molecule has 3 N–H and O–H groups in total. The first-order valence-electron chi connectivity index (χ1n) is 4.45. The van der Waals surface area contributed by atoms with Crippen molar-refractivity contribution in [3.05, 3.63) is 29.6 Å². The third kappa shape index (κ3) is 2.94. The van der Waals surface area contributed by atoms with Gasteiger partial charge in [-0.2, -0.15) is 0 Å². The molecule has 1 amide bonds. The van der Waals surface area contributed by atoms with Crippen LogP contribution in [0.5, 0.6) is 5.75 Å². The van der Waals surface area contributed by atoms with E-state index in [4.69, 9.17) is 15.6 Å². The van der Waals surface area contributed by atoms with Gasteiger partial charge in [-0.3, -0.25) is 9.59 Å². The van der Waals surface area contributed by atoms with Crippen molar-refractivity contribution in [3.63, 3.8) is 0 Å². The normalized spacial score (nSPS) is 9.81. The van der Waals surface area contributed by atoms with Crippen LogP contribution in [0.15, 0.2) is 18.2 Å². The number of halogens is 1. The van der Waals surface area contributed by atoms with Crippen LogP contribution in [0.4, 0.5) is 4.39 Å². The highest BCUT2D eigenvalue weighted by Gasteiger charge is 2.15. The van der Waals surface area contributed by atoms with E-state index in [2.05, 4.69) is 0 Å². The van der Waals surface area contributed by atoms with Crippen LogP contribution >= 0.6 is 0 Å². The minimum absolute atomic E-state index is 0.0475. The molecule has 0 atom stereocenters. The summed E-state index contributed by atoms with van der Waals surface area (Å²) in [7, 11) is 0. The van der Waals surface area contributed by atoms with Crippen molar-refractivity contribution >= 4 is 11.9 Å². The predicted octanol–water partition coefficient (Wildman–Crippen LogP) is 0.778. The summed E-state index contributed by atoms with van der Waals surface area (Å²) in [5.41, 5.74) is 4.60. The number of hydrogen-bond acceptors (Lipinski definition) is 3. The number of amides is 1. The first kappa shape index (κ1) is 12.0.